The Hall–Kier alpha value is -1.35. The molecule has 3 heteroatoms. The van der Waals surface area contributed by atoms with Gasteiger partial charge < -0.3 is 14.6 Å². The molecule has 1 unspecified atom stereocenters. The molecule has 0 aromatic heterocycles. The quantitative estimate of drug-likeness (QED) is 0.751. The van der Waals surface area contributed by atoms with E-state index in [1.54, 1.807) is 13.0 Å². The summed E-state index contributed by atoms with van der Waals surface area (Å²) in [6.07, 6.45) is 1.69. The normalized spacial score (nSPS) is 14.2. The van der Waals surface area contributed by atoms with Crippen molar-refractivity contribution in [1.29, 1.82) is 0 Å². The van der Waals surface area contributed by atoms with Crippen molar-refractivity contribution in [3.63, 3.8) is 0 Å². The fraction of sp³-hybridized carbons (Fsp3) is 0.462. The topological polar surface area (TPSA) is 46.5 Å². The van der Waals surface area contributed by atoms with Gasteiger partial charge in [-0.1, -0.05) is 25.1 Å². The maximum atomic E-state index is 10.5. The molecule has 1 aromatic rings. The molecule has 0 bridgehead atoms. The summed E-state index contributed by atoms with van der Waals surface area (Å²) in [5, 5.41) is 10.2. The van der Waals surface area contributed by atoms with E-state index in [0.29, 0.717) is 17.9 Å². The van der Waals surface area contributed by atoms with Gasteiger partial charge in [-0.2, -0.15) is 0 Å². The van der Waals surface area contributed by atoms with Crippen molar-refractivity contribution in [3.8, 4) is 5.75 Å². The van der Waals surface area contributed by atoms with Crippen LogP contribution in [0.25, 0.3) is 0 Å². The Morgan fingerprint density at radius 1 is 1.44 bits per heavy atom. The zero-order valence-electron chi connectivity index (χ0n) is 9.77. The van der Waals surface area contributed by atoms with Crippen LogP contribution in [0, 0.1) is 0 Å². The Kier molecular flexibility index (Phi) is 4.50. The number of hydrogen-bond acceptors (Lipinski definition) is 3. The van der Waals surface area contributed by atoms with Crippen LogP contribution in [0.4, 0.5) is 0 Å². The van der Waals surface area contributed by atoms with E-state index in [2.05, 4.69) is 0 Å². The van der Waals surface area contributed by atoms with E-state index in [-0.39, 0.29) is 6.42 Å². The Morgan fingerprint density at radius 3 is 2.75 bits per heavy atom. The lowest BCUT2D eigenvalue weighted by Gasteiger charge is -2.23. The molecule has 1 N–H and O–H groups in total. The fourth-order valence-electron chi connectivity index (χ4n) is 1.52. The maximum Gasteiger partial charge on any atom is 0.125 e. The van der Waals surface area contributed by atoms with Crippen LogP contribution in [-0.4, -0.2) is 18.0 Å². The first kappa shape index (κ1) is 12.7. The molecule has 0 spiro atoms. The predicted octanol–water partition coefficient (Wildman–Crippen LogP) is 2.27. The van der Waals surface area contributed by atoms with Gasteiger partial charge in [0, 0.05) is 12.0 Å². The number of rotatable bonds is 6. The van der Waals surface area contributed by atoms with Crippen LogP contribution >= 0.6 is 0 Å². The highest BCUT2D eigenvalue weighted by Gasteiger charge is 2.25. The highest BCUT2D eigenvalue weighted by Crippen LogP contribution is 2.31. The fourth-order valence-corrected chi connectivity index (χ4v) is 1.52. The lowest BCUT2D eigenvalue weighted by molar-refractivity contribution is -0.112. The van der Waals surface area contributed by atoms with Crippen molar-refractivity contribution >= 4 is 6.29 Å². The second-order valence-electron chi connectivity index (χ2n) is 3.99. The molecule has 0 radical (unpaired) electrons. The molecule has 0 aliphatic heterocycles. The van der Waals surface area contributed by atoms with Gasteiger partial charge in [-0.3, -0.25) is 0 Å². The summed E-state index contributed by atoms with van der Waals surface area (Å²) in [4.78, 5) is 10.5. The smallest absolute Gasteiger partial charge is 0.125 e. The molecule has 0 heterocycles. The molecule has 16 heavy (non-hydrogen) atoms. The largest absolute Gasteiger partial charge is 0.493 e. The number of ether oxygens (including phenoxy) is 1. The highest BCUT2D eigenvalue weighted by molar-refractivity contribution is 5.53. The van der Waals surface area contributed by atoms with Crippen molar-refractivity contribution in [2.24, 2.45) is 0 Å². The summed E-state index contributed by atoms with van der Waals surface area (Å²) >= 11 is 0. The molecule has 3 nitrogen and oxygen atoms in total. The number of aliphatic hydroxyl groups is 1. The summed E-state index contributed by atoms with van der Waals surface area (Å²) in [6, 6.07) is 7.28. The molecule has 1 atom stereocenters. The Bertz CT molecular complexity index is 345. The van der Waals surface area contributed by atoms with Crippen molar-refractivity contribution < 1.29 is 14.6 Å². The number of benzene rings is 1. The lowest BCUT2D eigenvalue weighted by atomic mass is 9.92. The second kappa shape index (κ2) is 5.66. The van der Waals surface area contributed by atoms with Crippen molar-refractivity contribution in [2.75, 3.05) is 6.61 Å². The monoisotopic (exact) mass is 222 g/mol. The number of carbonyl (C=O) groups is 1. The highest BCUT2D eigenvalue weighted by atomic mass is 16.5. The summed E-state index contributed by atoms with van der Waals surface area (Å²) in [5.41, 5.74) is -0.498. The Balaban J connectivity index is 2.97. The van der Waals surface area contributed by atoms with Crippen molar-refractivity contribution in [1.82, 2.24) is 0 Å². The number of aldehydes is 1. The van der Waals surface area contributed by atoms with E-state index in [9.17, 15) is 9.90 Å². The SMILES string of the molecule is CCCOc1ccccc1C(C)(O)CC=O. The van der Waals surface area contributed by atoms with E-state index in [1.807, 2.05) is 25.1 Å². The third-order valence-electron chi connectivity index (χ3n) is 2.41. The van der Waals surface area contributed by atoms with Crippen molar-refractivity contribution in [2.45, 2.75) is 32.3 Å². The van der Waals surface area contributed by atoms with Gasteiger partial charge in [-0.15, -0.1) is 0 Å². The minimum Gasteiger partial charge on any atom is -0.493 e. The average molecular weight is 222 g/mol. The van der Waals surface area contributed by atoms with Gasteiger partial charge in [0.05, 0.1) is 12.2 Å². The van der Waals surface area contributed by atoms with Gasteiger partial charge in [-0.25, -0.2) is 0 Å². The minimum atomic E-state index is -1.16. The lowest BCUT2D eigenvalue weighted by Crippen LogP contribution is -2.22. The first-order chi connectivity index (χ1) is 7.61. The summed E-state index contributed by atoms with van der Waals surface area (Å²) in [6.45, 7) is 4.25. The maximum absolute atomic E-state index is 10.5. The third-order valence-corrected chi connectivity index (χ3v) is 2.41. The first-order valence-electron chi connectivity index (χ1n) is 5.50. The molecule has 0 fully saturated rings. The molecule has 1 aromatic carbocycles. The van der Waals surface area contributed by atoms with Gasteiger partial charge in [0.2, 0.25) is 0 Å². The zero-order valence-corrected chi connectivity index (χ0v) is 9.77. The van der Waals surface area contributed by atoms with Crippen LogP contribution in [0.2, 0.25) is 0 Å². The molecule has 0 saturated carbocycles. The predicted molar refractivity (Wildman–Crippen MR) is 62.5 cm³/mol. The molecular weight excluding hydrogens is 204 g/mol. The van der Waals surface area contributed by atoms with Crippen LogP contribution in [-0.2, 0) is 10.4 Å². The molecule has 0 aliphatic rings. The Labute approximate surface area is 96.1 Å². The minimum absolute atomic E-state index is 0.0689. The van der Waals surface area contributed by atoms with Crippen LogP contribution < -0.4 is 4.74 Å². The molecule has 0 amide bonds. The van der Waals surface area contributed by atoms with Crippen molar-refractivity contribution in [3.05, 3.63) is 29.8 Å². The molecule has 0 aliphatic carbocycles. The third kappa shape index (κ3) is 3.07. The van der Waals surface area contributed by atoms with E-state index < -0.39 is 5.60 Å². The molecular formula is C13H18O3. The van der Waals surface area contributed by atoms with E-state index in [1.165, 1.54) is 0 Å². The van der Waals surface area contributed by atoms with Crippen LogP contribution in [0.3, 0.4) is 0 Å². The van der Waals surface area contributed by atoms with E-state index in [4.69, 9.17) is 4.74 Å². The van der Waals surface area contributed by atoms with Crippen LogP contribution in [0.5, 0.6) is 5.75 Å². The number of hydrogen-bond donors (Lipinski definition) is 1. The number of carbonyl (C=O) groups excluding carboxylic acids is 1. The molecule has 1 rings (SSSR count). The van der Waals surface area contributed by atoms with Crippen LogP contribution in [0.1, 0.15) is 32.3 Å². The first-order valence-corrected chi connectivity index (χ1v) is 5.50. The standard InChI is InChI=1S/C13H18O3/c1-3-10-16-12-7-5-4-6-11(12)13(2,15)8-9-14/h4-7,9,15H,3,8,10H2,1-2H3. The summed E-state index contributed by atoms with van der Waals surface area (Å²) in [7, 11) is 0. The van der Waals surface area contributed by atoms with Gasteiger partial charge in [0.1, 0.15) is 12.0 Å². The summed E-state index contributed by atoms with van der Waals surface area (Å²) < 4.78 is 5.54. The summed E-state index contributed by atoms with van der Waals surface area (Å²) in [5.74, 6) is 0.649. The average Bonchev–Trinajstić information content (AvgIpc) is 2.26. The van der Waals surface area contributed by atoms with Crippen LogP contribution in [0.15, 0.2) is 24.3 Å². The van der Waals surface area contributed by atoms with Gasteiger partial charge in [0.15, 0.2) is 0 Å². The van der Waals surface area contributed by atoms with Gasteiger partial charge in [0.25, 0.3) is 0 Å². The van der Waals surface area contributed by atoms with E-state index >= 15 is 0 Å². The Morgan fingerprint density at radius 2 is 2.12 bits per heavy atom. The van der Waals surface area contributed by atoms with Gasteiger partial charge in [-0.05, 0) is 19.4 Å². The molecule has 0 saturated heterocycles. The molecule has 88 valence electrons. The van der Waals surface area contributed by atoms with Gasteiger partial charge >= 0.3 is 0 Å². The second-order valence-corrected chi connectivity index (χ2v) is 3.99. The zero-order chi connectivity index (χ0) is 12.0. The number of para-hydroxylation sites is 1. The van der Waals surface area contributed by atoms with E-state index in [0.717, 1.165) is 12.7 Å².